The van der Waals surface area contributed by atoms with Crippen LogP contribution in [0.5, 0.6) is 0 Å². The molecule has 2 aromatic rings. The zero-order valence-electron chi connectivity index (χ0n) is 15.9. The SMILES string of the molecule is O=C(O)CCCCCCN1C(=O)/C(=C\c2ccc(-c3ccc(F)cc3F)o2)SC1=S. The summed E-state index contributed by atoms with van der Waals surface area (Å²) in [6.07, 6.45) is 4.64. The van der Waals surface area contributed by atoms with E-state index in [0.29, 0.717) is 28.0 Å². The molecule has 2 heterocycles. The van der Waals surface area contributed by atoms with Crippen LogP contribution in [0, 0.1) is 11.6 Å². The molecule has 1 aliphatic rings. The summed E-state index contributed by atoms with van der Waals surface area (Å²) in [6.45, 7) is 0.472. The molecule has 0 aliphatic carbocycles. The molecule has 0 spiro atoms. The van der Waals surface area contributed by atoms with Gasteiger partial charge in [-0.1, -0.05) is 36.8 Å². The van der Waals surface area contributed by atoms with Crippen molar-refractivity contribution in [1.29, 1.82) is 0 Å². The number of carbonyl (C=O) groups excluding carboxylic acids is 1. The van der Waals surface area contributed by atoms with Gasteiger partial charge in [-0.3, -0.25) is 14.5 Å². The second kappa shape index (κ2) is 9.99. The molecule has 1 fully saturated rings. The highest BCUT2D eigenvalue weighted by Crippen LogP contribution is 2.34. The van der Waals surface area contributed by atoms with E-state index in [0.717, 1.165) is 31.4 Å². The van der Waals surface area contributed by atoms with Gasteiger partial charge >= 0.3 is 5.97 Å². The molecular weight excluding hydrogens is 432 g/mol. The largest absolute Gasteiger partial charge is 0.481 e. The number of rotatable bonds is 9. The van der Waals surface area contributed by atoms with E-state index in [9.17, 15) is 18.4 Å². The Kier molecular flexibility index (Phi) is 7.38. The van der Waals surface area contributed by atoms with Crippen LogP contribution in [0.3, 0.4) is 0 Å². The van der Waals surface area contributed by atoms with Gasteiger partial charge in [0.1, 0.15) is 27.5 Å². The summed E-state index contributed by atoms with van der Waals surface area (Å²) in [5, 5.41) is 8.63. The molecule has 1 aromatic heterocycles. The van der Waals surface area contributed by atoms with Gasteiger partial charge in [0.2, 0.25) is 0 Å². The number of amides is 1. The van der Waals surface area contributed by atoms with Crippen molar-refractivity contribution < 1.29 is 27.9 Å². The molecule has 3 rings (SSSR count). The number of thiocarbonyl (C=S) groups is 1. The zero-order valence-corrected chi connectivity index (χ0v) is 17.5. The predicted molar refractivity (Wildman–Crippen MR) is 115 cm³/mol. The summed E-state index contributed by atoms with van der Waals surface area (Å²) < 4.78 is 33.1. The van der Waals surface area contributed by atoms with Crippen molar-refractivity contribution in [3.63, 3.8) is 0 Å². The molecule has 9 heteroatoms. The summed E-state index contributed by atoms with van der Waals surface area (Å²) in [4.78, 5) is 25.1. The van der Waals surface area contributed by atoms with E-state index in [1.54, 1.807) is 18.2 Å². The lowest BCUT2D eigenvalue weighted by Gasteiger charge is -2.13. The molecule has 5 nitrogen and oxygen atoms in total. The van der Waals surface area contributed by atoms with Crippen molar-refractivity contribution in [2.24, 2.45) is 0 Å². The number of carboxylic acid groups (broad SMARTS) is 1. The highest BCUT2D eigenvalue weighted by molar-refractivity contribution is 8.26. The van der Waals surface area contributed by atoms with Crippen LogP contribution in [0.2, 0.25) is 0 Å². The van der Waals surface area contributed by atoms with Crippen LogP contribution in [-0.4, -0.2) is 32.7 Å². The maximum absolute atomic E-state index is 13.9. The summed E-state index contributed by atoms with van der Waals surface area (Å²) >= 11 is 6.46. The van der Waals surface area contributed by atoms with Gasteiger partial charge in [-0.2, -0.15) is 0 Å². The first-order valence-electron chi connectivity index (χ1n) is 9.37. The van der Waals surface area contributed by atoms with Crippen molar-refractivity contribution in [2.45, 2.75) is 32.1 Å². The Bertz CT molecular complexity index is 1000. The van der Waals surface area contributed by atoms with Crippen LogP contribution >= 0.6 is 24.0 Å². The van der Waals surface area contributed by atoms with E-state index < -0.39 is 17.6 Å². The first kappa shape index (κ1) is 22.2. The van der Waals surface area contributed by atoms with Gasteiger partial charge in [0.05, 0.1) is 10.5 Å². The second-order valence-corrected chi connectivity index (χ2v) is 8.39. The minimum Gasteiger partial charge on any atom is -0.481 e. The van der Waals surface area contributed by atoms with Crippen LogP contribution in [0.1, 0.15) is 37.9 Å². The number of benzene rings is 1. The number of unbranched alkanes of at least 4 members (excludes halogenated alkanes) is 3. The topological polar surface area (TPSA) is 70.8 Å². The number of carbonyl (C=O) groups is 2. The quantitative estimate of drug-likeness (QED) is 0.310. The third-order valence-corrected chi connectivity index (χ3v) is 5.87. The second-order valence-electron chi connectivity index (χ2n) is 6.72. The van der Waals surface area contributed by atoms with Crippen molar-refractivity contribution in [2.75, 3.05) is 6.54 Å². The smallest absolute Gasteiger partial charge is 0.303 e. The van der Waals surface area contributed by atoms with Crippen molar-refractivity contribution in [3.05, 3.63) is 52.6 Å². The highest BCUT2D eigenvalue weighted by atomic mass is 32.2. The molecule has 30 heavy (non-hydrogen) atoms. The van der Waals surface area contributed by atoms with Crippen LogP contribution in [0.4, 0.5) is 8.78 Å². The van der Waals surface area contributed by atoms with E-state index in [1.807, 2.05) is 0 Å². The van der Waals surface area contributed by atoms with Crippen LogP contribution < -0.4 is 0 Å². The van der Waals surface area contributed by atoms with Gasteiger partial charge in [-0.15, -0.1) is 0 Å². The van der Waals surface area contributed by atoms with Gasteiger partial charge in [-0.25, -0.2) is 8.78 Å². The molecule has 1 aromatic carbocycles. The Morgan fingerprint density at radius 2 is 1.93 bits per heavy atom. The number of aliphatic carboxylic acids is 1. The molecule has 1 saturated heterocycles. The number of hydrogen-bond acceptors (Lipinski definition) is 5. The zero-order chi connectivity index (χ0) is 21.7. The normalized spacial score (nSPS) is 15.4. The molecule has 0 saturated carbocycles. The molecule has 0 bridgehead atoms. The highest BCUT2D eigenvalue weighted by Gasteiger charge is 2.31. The van der Waals surface area contributed by atoms with E-state index in [-0.39, 0.29) is 23.7 Å². The van der Waals surface area contributed by atoms with Crippen molar-refractivity contribution in [3.8, 4) is 11.3 Å². The maximum Gasteiger partial charge on any atom is 0.303 e. The Morgan fingerprint density at radius 1 is 1.17 bits per heavy atom. The number of hydrogen-bond donors (Lipinski definition) is 1. The number of thioether (sulfide) groups is 1. The van der Waals surface area contributed by atoms with Crippen LogP contribution in [-0.2, 0) is 9.59 Å². The van der Waals surface area contributed by atoms with E-state index in [2.05, 4.69) is 0 Å². The average Bonchev–Trinajstić information content (AvgIpc) is 3.24. The fourth-order valence-electron chi connectivity index (χ4n) is 2.99. The Morgan fingerprint density at radius 3 is 2.67 bits per heavy atom. The molecule has 158 valence electrons. The molecule has 1 N–H and O–H groups in total. The summed E-state index contributed by atoms with van der Waals surface area (Å²) in [5.74, 6) is -1.83. The molecule has 0 unspecified atom stereocenters. The van der Waals surface area contributed by atoms with E-state index in [4.69, 9.17) is 21.7 Å². The lowest BCUT2D eigenvalue weighted by atomic mass is 10.1. The molecule has 0 radical (unpaired) electrons. The predicted octanol–water partition coefficient (Wildman–Crippen LogP) is 5.46. The summed E-state index contributed by atoms with van der Waals surface area (Å²) in [5.41, 5.74) is 0.131. The minimum atomic E-state index is -0.805. The average molecular weight is 452 g/mol. The fourth-order valence-corrected chi connectivity index (χ4v) is 4.27. The Balaban J connectivity index is 1.60. The number of halogens is 2. The van der Waals surface area contributed by atoms with E-state index in [1.165, 1.54) is 22.7 Å². The third kappa shape index (κ3) is 5.54. The number of carboxylic acids is 1. The van der Waals surface area contributed by atoms with Gasteiger partial charge in [0.15, 0.2) is 0 Å². The Hall–Kier alpha value is -2.52. The van der Waals surface area contributed by atoms with Gasteiger partial charge in [-0.05, 0) is 37.1 Å². The monoisotopic (exact) mass is 451 g/mol. The molecular formula is C21H19F2NO4S2. The van der Waals surface area contributed by atoms with Gasteiger partial charge < -0.3 is 9.52 Å². The van der Waals surface area contributed by atoms with Crippen molar-refractivity contribution >= 4 is 46.3 Å². The van der Waals surface area contributed by atoms with Gasteiger partial charge in [0.25, 0.3) is 5.91 Å². The Labute approximate surface area is 181 Å². The summed E-state index contributed by atoms with van der Waals surface area (Å²) in [7, 11) is 0. The summed E-state index contributed by atoms with van der Waals surface area (Å²) in [6, 6.07) is 6.38. The van der Waals surface area contributed by atoms with Crippen LogP contribution in [0.15, 0.2) is 39.7 Å². The van der Waals surface area contributed by atoms with Crippen LogP contribution in [0.25, 0.3) is 17.4 Å². The minimum absolute atomic E-state index is 0.131. The molecule has 1 aliphatic heterocycles. The third-order valence-electron chi connectivity index (χ3n) is 4.49. The standard InChI is InChI=1S/C21H19F2NO4S2/c22-13-6-8-15(16(23)11-13)17-9-7-14(28-17)12-18-20(27)24(21(29)30-18)10-4-2-1-3-5-19(25)26/h6-9,11-12H,1-5,10H2,(H,25,26)/b18-12+. The number of furan rings is 1. The lowest BCUT2D eigenvalue weighted by Crippen LogP contribution is -2.29. The van der Waals surface area contributed by atoms with Gasteiger partial charge in [0, 0.05) is 25.1 Å². The first-order valence-corrected chi connectivity index (χ1v) is 10.6. The lowest BCUT2D eigenvalue weighted by molar-refractivity contribution is -0.137. The maximum atomic E-state index is 13.9. The van der Waals surface area contributed by atoms with Crippen molar-refractivity contribution in [1.82, 2.24) is 4.90 Å². The van der Waals surface area contributed by atoms with E-state index >= 15 is 0 Å². The first-order chi connectivity index (χ1) is 14.3. The fraction of sp³-hybridized carbons (Fsp3) is 0.286. The molecule has 0 atom stereocenters. The molecule has 1 amide bonds. The number of nitrogens with zero attached hydrogens (tertiary/aromatic N) is 1.